The third-order valence-corrected chi connectivity index (χ3v) is 6.41. The molecule has 0 aromatic heterocycles. The van der Waals surface area contributed by atoms with Crippen LogP contribution in [0, 0.1) is 6.92 Å². The number of thioether (sulfide) groups is 1. The van der Waals surface area contributed by atoms with Crippen molar-refractivity contribution in [2.75, 3.05) is 17.3 Å². The number of benzene rings is 3. The minimum absolute atomic E-state index is 0.154. The average molecular weight is 503 g/mol. The van der Waals surface area contributed by atoms with Gasteiger partial charge in [0.05, 0.1) is 30.2 Å². The third kappa shape index (κ3) is 5.28. The number of esters is 1. The molecule has 0 saturated heterocycles. The summed E-state index contributed by atoms with van der Waals surface area (Å²) in [4.78, 5) is 41.6. The lowest BCUT2D eigenvalue weighted by atomic mass is 10.2. The normalized spacial score (nSPS) is 13.4. The van der Waals surface area contributed by atoms with Gasteiger partial charge in [-0.1, -0.05) is 36.0 Å². The molecule has 1 aliphatic heterocycles. The molecule has 1 aliphatic rings. The second kappa shape index (κ2) is 10.7. The van der Waals surface area contributed by atoms with Crippen molar-refractivity contribution in [2.24, 2.45) is 0 Å². The van der Waals surface area contributed by atoms with Crippen LogP contribution < -0.4 is 15.0 Å². The molecule has 1 N–H and O–H groups in total. The van der Waals surface area contributed by atoms with Crippen LogP contribution in [0.25, 0.3) is 0 Å². The monoisotopic (exact) mass is 502 g/mol. The van der Waals surface area contributed by atoms with Crippen molar-refractivity contribution in [1.82, 2.24) is 0 Å². The van der Waals surface area contributed by atoms with Gasteiger partial charge in [-0.25, -0.2) is 9.69 Å². The molecule has 2 amide bonds. The Balaban J connectivity index is 1.70. The van der Waals surface area contributed by atoms with E-state index < -0.39 is 17.8 Å². The first-order valence-corrected chi connectivity index (χ1v) is 12.2. The molecule has 0 radical (unpaired) electrons. The van der Waals surface area contributed by atoms with Gasteiger partial charge >= 0.3 is 5.97 Å². The van der Waals surface area contributed by atoms with Crippen LogP contribution in [0.1, 0.15) is 29.8 Å². The predicted octanol–water partition coefficient (Wildman–Crippen LogP) is 5.56. The number of nitrogens with one attached hydrogen (secondary N) is 1. The zero-order chi connectivity index (χ0) is 25.8. The van der Waals surface area contributed by atoms with Crippen molar-refractivity contribution in [3.8, 4) is 5.75 Å². The number of hydrogen-bond acceptors (Lipinski definition) is 7. The minimum Gasteiger partial charge on any atom is -0.495 e. The molecule has 3 aromatic rings. The summed E-state index contributed by atoms with van der Waals surface area (Å²) in [6.07, 6.45) is -0.257. The number of carbonyl (C=O) groups excluding carboxylic acids is 3. The molecule has 184 valence electrons. The van der Waals surface area contributed by atoms with Gasteiger partial charge in [-0.3, -0.25) is 9.59 Å². The van der Waals surface area contributed by atoms with Crippen LogP contribution in [0.5, 0.6) is 5.75 Å². The molecule has 0 bridgehead atoms. The van der Waals surface area contributed by atoms with Crippen LogP contribution in [-0.4, -0.2) is 31.0 Å². The molecule has 3 aromatic carbocycles. The third-order valence-electron chi connectivity index (χ3n) is 5.32. The highest BCUT2D eigenvalue weighted by Crippen LogP contribution is 2.39. The van der Waals surface area contributed by atoms with Crippen LogP contribution >= 0.6 is 11.8 Å². The van der Waals surface area contributed by atoms with Gasteiger partial charge in [0.2, 0.25) is 0 Å². The summed E-state index contributed by atoms with van der Waals surface area (Å²) < 4.78 is 10.7. The number of methoxy groups -OCH3 is 1. The molecular formula is C28H26N2O5S. The Morgan fingerprint density at radius 3 is 2.28 bits per heavy atom. The number of carbonyl (C=O) groups is 3. The largest absolute Gasteiger partial charge is 0.495 e. The maximum absolute atomic E-state index is 13.6. The Hall–Kier alpha value is -4.04. The van der Waals surface area contributed by atoms with E-state index in [1.165, 1.54) is 11.8 Å². The van der Waals surface area contributed by atoms with Crippen molar-refractivity contribution in [2.45, 2.75) is 31.8 Å². The SMILES string of the molecule is COc1ccc(C)cc1NC1=C(Sc2ccccc2)C(=O)N(c2ccc(C(=O)OC(C)C)cc2)C1=O. The van der Waals surface area contributed by atoms with Gasteiger partial charge in [-0.2, -0.15) is 0 Å². The van der Waals surface area contributed by atoms with Gasteiger partial charge in [0.15, 0.2) is 0 Å². The molecule has 0 fully saturated rings. The Morgan fingerprint density at radius 1 is 0.944 bits per heavy atom. The van der Waals surface area contributed by atoms with E-state index in [1.54, 1.807) is 51.3 Å². The van der Waals surface area contributed by atoms with Crippen LogP contribution in [0.2, 0.25) is 0 Å². The molecule has 4 rings (SSSR count). The predicted molar refractivity (Wildman–Crippen MR) is 140 cm³/mol. The summed E-state index contributed by atoms with van der Waals surface area (Å²) in [5, 5.41) is 3.15. The fourth-order valence-electron chi connectivity index (χ4n) is 3.64. The molecule has 0 saturated carbocycles. The molecule has 1 heterocycles. The van der Waals surface area contributed by atoms with Gasteiger partial charge < -0.3 is 14.8 Å². The Morgan fingerprint density at radius 2 is 1.64 bits per heavy atom. The zero-order valence-electron chi connectivity index (χ0n) is 20.4. The maximum Gasteiger partial charge on any atom is 0.338 e. The van der Waals surface area contributed by atoms with Crippen molar-refractivity contribution >= 4 is 40.9 Å². The molecule has 7 nitrogen and oxygen atoms in total. The number of aryl methyl sites for hydroxylation is 1. The number of anilines is 2. The quantitative estimate of drug-likeness (QED) is 0.319. The van der Waals surface area contributed by atoms with E-state index in [9.17, 15) is 14.4 Å². The maximum atomic E-state index is 13.6. The van der Waals surface area contributed by atoms with Crippen molar-refractivity contribution in [3.63, 3.8) is 0 Å². The van der Waals surface area contributed by atoms with E-state index in [1.807, 2.05) is 49.4 Å². The summed E-state index contributed by atoms with van der Waals surface area (Å²) >= 11 is 1.21. The Labute approximate surface area is 214 Å². The number of amides is 2. The second-order valence-corrected chi connectivity index (χ2v) is 9.48. The summed E-state index contributed by atoms with van der Waals surface area (Å²) in [5.41, 5.74) is 2.38. The van der Waals surface area contributed by atoms with Gasteiger partial charge in [-0.05, 0) is 74.9 Å². The van der Waals surface area contributed by atoms with Crippen LogP contribution in [0.4, 0.5) is 11.4 Å². The van der Waals surface area contributed by atoms with E-state index in [0.29, 0.717) is 22.7 Å². The van der Waals surface area contributed by atoms with Gasteiger partial charge in [0.1, 0.15) is 16.4 Å². The van der Waals surface area contributed by atoms with Gasteiger partial charge in [0.25, 0.3) is 11.8 Å². The molecule has 0 spiro atoms. The topological polar surface area (TPSA) is 84.9 Å². The number of ether oxygens (including phenoxy) is 2. The molecule has 8 heteroatoms. The lowest BCUT2D eigenvalue weighted by Gasteiger charge is -2.16. The zero-order valence-corrected chi connectivity index (χ0v) is 21.2. The first-order valence-electron chi connectivity index (χ1n) is 11.4. The van der Waals surface area contributed by atoms with E-state index in [2.05, 4.69) is 5.32 Å². The van der Waals surface area contributed by atoms with Crippen molar-refractivity contribution in [3.05, 3.63) is 94.5 Å². The molecule has 0 aliphatic carbocycles. The number of nitrogens with zero attached hydrogens (tertiary/aromatic N) is 1. The highest BCUT2D eigenvalue weighted by Gasteiger charge is 2.40. The lowest BCUT2D eigenvalue weighted by molar-refractivity contribution is -0.120. The number of imide groups is 1. The fraction of sp³-hybridized carbons (Fsp3) is 0.179. The Bertz CT molecular complexity index is 1330. The fourth-order valence-corrected chi connectivity index (χ4v) is 4.59. The highest BCUT2D eigenvalue weighted by atomic mass is 32.2. The van der Waals surface area contributed by atoms with Crippen molar-refractivity contribution < 1.29 is 23.9 Å². The van der Waals surface area contributed by atoms with E-state index in [0.717, 1.165) is 15.4 Å². The summed E-state index contributed by atoms with van der Waals surface area (Å²) in [6, 6.07) is 21.1. The van der Waals surface area contributed by atoms with E-state index in [-0.39, 0.29) is 16.7 Å². The van der Waals surface area contributed by atoms with E-state index >= 15 is 0 Å². The molecular weight excluding hydrogens is 476 g/mol. The lowest BCUT2D eigenvalue weighted by Crippen LogP contribution is -2.32. The number of hydrogen-bond donors (Lipinski definition) is 1. The first-order chi connectivity index (χ1) is 17.3. The van der Waals surface area contributed by atoms with Crippen LogP contribution in [0.15, 0.2) is 88.3 Å². The smallest absolute Gasteiger partial charge is 0.338 e. The molecule has 36 heavy (non-hydrogen) atoms. The summed E-state index contributed by atoms with van der Waals surface area (Å²) in [7, 11) is 1.55. The highest BCUT2D eigenvalue weighted by molar-refractivity contribution is 8.04. The van der Waals surface area contributed by atoms with E-state index in [4.69, 9.17) is 9.47 Å². The first kappa shape index (κ1) is 25.1. The summed E-state index contributed by atoms with van der Waals surface area (Å²) in [6.45, 7) is 5.46. The minimum atomic E-state index is -0.500. The number of rotatable bonds is 8. The standard InChI is InChI=1S/C28H26N2O5S/c1-17(2)35-28(33)19-11-13-20(14-12-19)30-26(31)24(29-22-16-18(3)10-15-23(22)34-4)25(27(30)32)36-21-8-6-5-7-9-21/h5-17,29H,1-4H3. The second-order valence-electron chi connectivity index (χ2n) is 8.39. The average Bonchev–Trinajstić information content (AvgIpc) is 3.08. The summed E-state index contributed by atoms with van der Waals surface area (Å²) in [5.74, 6) is -0.883. The van der Waals surface area contributed by atoms with Gasteiger partial charge in [-0.15, -0.1) is 0 Å². The van der Waals surface area contributed by atoms with Gasteiger partial charge in [0, 0.05) is 4.90 Å². The molecule has 0 atom stereocenters. The van der Waals surface area contributed by atoms with Crippen molar-refractivity contribution in [1.29, 1.82) is 0 Å². The van der Waals surface area contributed by atoms with Crippen LogP contribution in [-0.2, 0) is 14.3 Å². The van der Waals surface area contributed by atoms with Crippen LogP contribution in [0.3, 0.4) is 0 Å². The Kier molecular flexibility index (Phi) is 7.45. The molecule has 0 unspecified atom stereocenters.